The van der Waals surface area contributed by atoms with Gasteiger partial charge in [0.25, 0.3) is 5.91 Å². The Balaban J connectivity index is 1.44. The Morgan fingerprint density at radius 1 is 1.20 bits per heavy atom. The van der Waals surface area contributed by atoms with Crippen molar-refractivity contribution in [1.29, 1.82) is 0 Å². The monoisotopic (exact) mass is 346 g/mol. The first-order chi connectivity index (χ1) is 12.1. The molecule has 25 heavy (non-hydrogen) atoms. The van der Waals surface area contributed by atoms with Gasteiger partial charge in [-0.3, -0.25) is 4.79 Å². The average Bonchev–Trinajstić information content (AvgIpc) is 3.16. The standard InChI is InChI=1S/C19H26N2O4/c1-14-8-10-21(11-9-14)16-6-4-15(5-7-16)20-18(22)13-25-19(23)17-3-2-12-24-17/h4-7,14,17H,2-3,8-13H2,1H3,(H,20,22)/t17-/m1/s1. The Morgan fingerprint density at radius 3 is 2.56 bits per heavy atom. The van der Waals surface area contributed by atoms with Gasteiger partial charge in [0.15, 0.2) is 12.7 Å². The van der Waals surface area contributed by atoms with Crippen molar-refractivity contribution in [2.24, 2.45) is 5.92 Å². The number of carbonyl (C=O) groups excluding carboxylic acids is 2. The third-order valence-corrected chi connectivity index (χ3v) is 4.84. The van der Waals surface area contributed by atoms with Crippen molar-refractivity contribution < 1.29 is 19.1 Å². The van der Waals surface area contributed by atoms with Crippen molar-refractivity contribution in [3.8, 4) is 0 Å². The van der Waals surface area contributed by atoms with Crippen LogP contribution in [0.5, 0.6) is 0 Å². The highest BCUT2D eigenvalue weighted by molar-refractivity contribution is 5.93. The summed E-state index contributed by atoms with van der Waals surface area (Å²) in [7, 11) is 0. The van der Waals surface area contributed by atoms with Crippen LogP contribution in [-0.4, -0.2) is 44.3 Å². The minimum absolute atomic E-state index is 0.287. The Hall–Kier alpha value is -2.08. The van der Waals surface area contributed by atoms with Crippen molar-refractivity contribution in [3.63, 3.8) is 0 Å². The average molecular weight is 346 g/mol. The second-order valence-electron chi connectivity index (χ2n) is 6.87. The van der Waals surface area contributed by atoms with E-state index in [1.54, 1.807) is 0 Å². The van der Waals surface area contributed by atoms with E-state index in [0.29, 0.717) is 18.7 Å². The van der Waals surface area contributed by atoms with Crippen LogP contribution < -0.4 is 10.2 Å². The molecule has 1 amide bonds. The number of piperidine rings is 1. The Bertz CT molecular complexity index is 588. The molecule has 136 valence electrons. The first-order valence-electron chi connectivity index (χ1n) is 9.05. The van der Waals surface area contributed by atoms with Crippen LogP contribution in [0.3, 0.4) is 0 Å². The molecule has 1 aromatic rings. The number of nitrogens with zero attached hydrogens (tertiary/aromatic N) is 1. The molecule has 0 bridgehead atoms. The fraction of sp³-hybridized carbons (Fsp3) is 0.579. The van der Waals surface area contributed by atoms with E-state index >= 15 is 0 Å². The molecule has 3 rings (SSSR count). The van der Waals surface area contributed by atoms with E-state index in [1.807, 2.05) is 24.3 Å². The van der Waals surface area contributed by atoms with E-state index < -0.39 is 12.1 Å². The molecule has 1 atom stereocenters. The first kappa shape index (κ1) is 17.7. The molecule has 0 aromatic heterocycles. The molecule has 2 heterocycles. The first-order valence-corrected chi connectivity index (χ1v) is 9.05. The normalized spacial score (nSPS) is 21.2. The largest absolute Gasteiger partial charge is 0.454 e. The Morgan fingerprint density at radius 2 is 1.92 bits per heavy atom. The van der Waals surface area contributed by atoms with E-state index in [0.717, 1.165) is 25.4 Å². The Labute approximate surface area is 148 Å². The SMILES string of the molecule is CC1CCN(c2ccc(NC(=O)COC(=O)[C@H]3CCCO3)cc2)CC1. The predicted octanol–water partition coefficient (Wildman–Crippen LogP) is 2.58. The number of ether oxygens (including phenoxy) is 2. The lowest BCUT2D eigenvalue weighted by Crippen LogP contribution is -2.32. The van der Waals surface area contributed by atoms with Gasteiger partial charge in [-0.25, -0.2) is 4.79 Å². The molecule has 0 radical (unpaired) electrons. The van der Waals surface area contributed by atoms with Gasteiger partial charge in [-0.2, -0.15) is 0 Å². The lowest BCUT2D eigenvalue weighted by Gasteiger charge is -2.32. The molecular formula is C19H26N2O4. The quantitative estimate of drug-likeness (QED) is 0.830. The van der Waals surface area contributed by atoms with Gasteiger partial charge < -0.3 is 19.7 Å². The Kier molecular flexibility index (Phi) is 5.91. The summed E-state index contributed by atoms with van der Waals surface area (Å²) in [6.07, 6.45) is 3.44. The zero-order valence-electron chi connectivity index (χ0n) is 14.7. The summed E-state index contributed by atoms with van der Waals surface area (Å²) < 4.78 is 10.2. The van der Waals surface area contributed by atoms with E-state index in [2.05, 4.69) is 17.1 Å². The number of benzene rings is 1. The summed E-state index contributed by atoms with van der Waals surface area (Å²) in [5, 5.41) is 2.75. The lowest BCUT2D eigenvalue weighted by atomic mass is 9.99. The van der Waals surface area contributed by atoms with Crippen LogP contribution in [0.1, 0.15) is 32.6 Å². The molecule has 6 heteroatoms. The molecule has 0 saturated carbocycles. The molecule has 0 aliphatic carbocycles. The molecule has 0 spiro atoms. The van der Waals surface area contributed by atoms with Gasteiger partial charge in [-0.05, 0) is 55.9 Å². The van der Waals surface area contributed by atoms with Crippen molar-refractivity contribution >= 4 is 23.3 Å². The highest BCUT2D eigenvalue weighted by Crippen LogP contribution is 2.24. The van der Waals surface area contributed by atoms with E-state index in [1.165, 1.54) is 18.5 Å². The number of hydrogen-bond donors (Lipinski definition) is 1. The van der Waals surface area contributed by atoms with E-state index in [4.69, 9.17) is 9.47 Å². The molecule has 2 aliphatic heterocycles. The van der Waals surface area contributed by atoms with Gasteiger partial charge in [-0.1, -0.05) is 6.92 Å². The van der Waals surface area contributed by atoms with Gasteiger partial charge in [0.2, 0.25) is 0 Å². The number of carbonyl (C=O) groups is 2. The molecular weight excluding hydrogens is 320 g/mol. The molecule has 1 N–H and O–H groups in total. The fourth-order valence-electron chi connectivity index (χ4n) is 3.21. The zero-order chi connectivity index (χ0) is 17.6. The van der Waals surface area contributed by atoms with Gasteiger partial charge >= 0.3 is 5.97 Å². The number of anilines is 2. The van der Waals surface area contributed by atoms with Crippen molar-refractivity contribution in [2.45, 2.75) is 38.7 Å². The van der Waals surface area contributed by atoms with Gasteiger partial charge in [0.1, 0.15) is 0 Å². The van der Waals surface area contributed by atoms with Crippen LogP contribution in [0.15, 0.2) is 24.3 Å². The summed E-state index contributed by atoms with van der Waals surface area (Å²) in [5.74, 6) is 0.000346. The van der Waals surface area contributed by atoms with Gasteiger partial charge in [0, 0.05) is 31.1 Å². The summed E-state index contributed by atoms with van der Waals surface area (Å²) in [6.45, 7) is 4.73. The molecule has 0 unspecified atom stereocenters. The summed E-state index contributed by atoms with van der Waals surface area (Å²) in [4.78, 5) is 26.0. The summed E-state index contributed by atoms with van der Waals surface area (Å²) in [6, 6.07) is 7.80. The van der Waals surface area contributed by atoms with Crippen molar-refractivity contribution in [1.82, 2.24) is 0 Å². The number of amides is 1. The summed E-state index contributed by atoms with van der Waals surface area (Å²) >= 11 is 0. The van der Waals surface area contributed by atoms with Crippen LogP contribution in [0.25, 0.3) is 0 Å². The van der Waals surface area contributed by atoms with Crippen LogP contribution in [-0.2, 0) is 19.1 Å². The third-order valence-electron chi connectivity index (χ3n) is 4.84. The molecule has 6 nitrogen and oxygen atoms in total. The second-order valence-corrected chi connectivity index (χ2v) is 6.87. The van der Waals surface area contributed by atoms with Crippen molar-refractivity contribution in [2.75, 3.05) is 36.5 Å². The van der Waals surface area contributed by atoms with Gasteiger partial charge in [-0.15, -0.1) is 0 Å². The number of hydrogen-bond acceptors (Lipinski definition) is 5. The van der Waals surface area contributed by atoms with Crippen LogP contribution in [0.4, 0.5) is 11.4 Å². The second kappa shape index (κ2) is 8.34. The van der Waals surface area contributed by atoms with Crippen LogP contribution in [0.2, 0.25) is 0 Å². The number of esters is 1. The zero-order valence-corrected chi connectivity index (χ0v) is 14.7. The highest BCUT2D eigenvalue weighted by atomic mass is 16.6. The lowest BCUT2D eigenvalue weighted by molar-refractivity contribution is -0.156. The maximum Gasteiger partial charge on any atom is 0.335 e. The van der Waals surface area contributed by atoms with Crippen molar-refractivity contribution in [3.05, 3.63) is 24.3 Å². The maximum absolute atomic E-state index is 11.9. The third kappa shape index (κ3) is 4.95. The van der Waals surface area contributed by atoms with E-state index in [9.17, 15) is 9.59 Å². The van der Waals surface area contributed by atoms with Crippen LogP contribution >= 0.6 is 0 Å². The molecule has 2 aliphatic rings. The maximum atomic E-state index is 11.9. The molecule has 2 fully saturated rings. The molecule has 1 aromatic carbocycles. The predicted molar refractivity (Wildman–Crippen MR) is 95.6 cm³/mol. The molecule has 2 saturated heterocycles. The number of rotatable bonds is 5. The van der Waals surface area contributed by atoms with Crippen LogP contribution in [0, 0.1) is 5.92 Å². The fourth-order valence-corrected chi connectivity index (χ4v) is 3.21. The minimum Gasteiger partial charge on any atom is -0.454 e. The minimum atomic E-state index is -0.514. The topological polar surface area (TPSA) is 67.9 Å². The van der Waals surface area contributed by atoms with Gasteiger partial charge in [0.05, 0.1) is 0 Å². The summed E-state index contributed by atoms with van der Waals surface area (Å²) in [5.41, 5.74) is 1.88. The highest BCUT2D eigenvalue weighted by Gasteiger charge is 2.25. The smallest absolute Gasteiger partial charge is 0.335 e. The number of nitrogens with one attached hydrogen (secondary N) is 1. The van der Waals surface area contributed by atoms with E-state index in [-0.39, 0.29) is 12.5 Å².